The van der Waals surface area contributed by atoms with Crippen LogP contribution < -0.4 is 19.7 Å². The SMILES string of the molecule is COc1cc2c(cc1OC)CN(CCCNS(=O)(=O)C1=CC=C(Cl)N3ONC=C13)CC2.Cl. The van der Waals surface area contributed by atoms with Gasteiger partial charge in [0.25, 0.3) is 0 Å². The highest BCUT2D eigenvalue weighted by atomic mass is 35.5. The first-order chi connectivity index (χ1) is 14.9. The summed E-state index contributed by atoms with van der Waals surface area (Å²) in [5, 5.41) is 1.50. The van der Waals surface area contributed by atoms with Crippen LogP contribution in [0.2, 0.25) is 0 Å². The second kappa shape index (κ2) is 10.3. The number of hydrogen-bond acceptors (Lipinski definition) is 8. The largest absolute Gasteiger partial charge is 0.493 e. The van der Waals surface area contributed by atoms with Gasteiger partial charge in [0.05, 0.1) is 20.4 Å². The molecule has 12 heteroatoms. The maximum Gasteiger partial charge on any atom is 0.242 e. The summed E-state index contributed by atoms with van der Waals surface area (Å²) in [5.41, 5.74) is 5.33. The molecule has 0 saturated carbocycles. The van der Waals surface area contributed by atoms with Crippen LogP contribution in [0.4, 0.5) is 0 Å². The van der Waals surface area contributed by atoms with Gasteiger partial charge in [-0.2, -0.15) is 10.0 Å². The minimum absolute atomic E-state index is 0. The summed E-state index contributed by atoms with van der Waals surface area (Å²) in [4.78, 5) is 7.51. The number of fused-ring (bicyclic) bond motifs is 2. The van der Waals surface area contributed by atoms with E-state index in [2.05, 4.69) is 15.1 Å². The van der Waals surface area contributed by atoms with E-state index in [0.29, 0.717) is 18.7 Å². The van der Waals surface area contributed by atoms with E-state index in [1.807, 2.05) is 12.1 Å². The van der Waals surface area contributed by atoms with E-state index in [0.717, 1.165) is 37.6 Å². The molecule has 0 aliphatic carbocycles. The minimum Gasteiger partial charge on any atom is -0.493 e. The molecule has 2 N–H and O–H groups in total. The number of nitrogens with zero attached hydrogens (tertiary/aromatic N) is 2. The molecule has 0 spiro atoms. The van der Waals surface area contributed by atoms with Gasteiger partial charge in [0, 0.05) is 19.6 Å². The van der Waals surface area contributed by atoms with Crippen LogP contribution in [0.5, 0.6) is 11.5 Å². The molecule has 0 saturated heterocycles. The molecule has 3 aliphatic rings. The normalized spacial score (nSPS) is 17.8. The van der Waals surface area contributed by atoms with E-state index in [4.69, 9.17) is 26.0 Å². The molecule has 0 amide bonds. The smallest absolute Gasteiger partial charge is 0.242 e. The van der Waals surface area contributed by atoms with Gasteiger partial charge in [0.15, 0.2) is 11.5 Å². The first kappa shape index (κ1) is 24.7. The number of halogens is 2. The lowest BCUT2D eigenvalue weighted by Gasteiger charge is -2.29. The van der Waals surface area contributed by atoms with E-state index in [-0.39, 0.29) is 22.5 Å². The number of benzene rings is 1. The highest BCUT2D eigenvalue weighted by Gasteiger charge is 2.33. The van der Waals surface area contributed by atoms with Crippen molar-refractivity contribution in [3.8, 4) is 11.5 Å². The van der Waals surface area contributed by atoms with Crippen LogP contribution in [0.15, 0.2) is 46.2 Å². The van der Waals surface area contributed by atoms with E-state index in [1.165, 1.54) is 34.5 Å². The summed E-state index contributed by atoms with van der Waals surface area (Å²) in [6, 6.07) is 4.06. The van der Waals surface area contributed by atoms with Crippen molar-refractivity contribution in [2.75, 3.05) is 33.9 Å². The summed E-state index contributed by atoms with van der Waals surface area (Å²) in [7, 11) is -0.432. The molecule has 0 atom stereocenters. The fourth-order valence-electron chi connectivity index (χ4n) is 3.82. The quantitative estimate of drug-likeness (QED) is 0.411. The van der Waals surface area contributed by atoms with Crippen LogP contribution in [0.25, 0.3) is 0 Å². The van der Waals surface area contributed by atoms with E-state index in [9.17, 15) is 8.42 Å². The third kappa shape index (κ3) is 5.00. The van der Waals surface area contributed by atoms with E-state index >= 15 is 0 Å². The molecular weight excluding hydrogens is 479 g/mol. The molecule has 1 aromatic carbocycles. The zero-order valence-corrected chi connectivity index (χ0v) is 20.1. The van der Waals surface area contributed by atoms with E-state index in [1.54, 1.807) is 14.2 Å². The maximum atomic E-state index is 12.7. The van der Waals surface area contributed by atoms with Gasteiger partial charge in [-0.25, -0.2) is 18.6 Å². The molecule has 9 nitrogen and oxygen atoms in total. The number of sulfonamides is 1. The third-order valence-corrected chi connectivity index (χ3v) is 7.19. The van der Waals surface area contributed by atoms with Gasteiger partial charge >= 0.3 is 0 Å². The number of nitrogens with one attached hydrogen (secondary N) is 2. The summed E-state index contributed by atoms with van der Waals surface area (Å²) in [6.07, 6.45) is 6.00. The van der Waals surface area contributed by atoms with Crippen LogP contribution in [0.3, 0.4) is 0 Å². The minimum atomic E-state index is -3.70. The van der Waals surface area contributed by atoms with Gasteiger partial charge in [0.1, 0.15) is 15.8 Å². The van der Waals surface area contributed by atoms with Crippen LogP contribution in [0, 0.1) is 0 Å². The number of allylic oxidation sites excluding steroid dienone is 2. The van der Waals surface area contributed by atoms with Crippen molar-refractivity contribution in [1.82, 2.24) is 20.2 Å². The molecule has 0 bridgehead atoms. The first-order valence-corrected chi connectivity index (χ1v) is 11.8. The Kier molecular flexibility index (Phi) is 7.97. The molecule has 0 radical (unpaired) electrons. The van der Waals surface area contributed by atoms with Gasteiger partial charge < -0.3 is 9.47 Å². The van der Waals surface area contributed by atoms with Gasteiger partial charge in [-0.3, -0.25) is 4.90 Å². The molecule has 32 heavy (non-hydrogen) atoms. The molecule has 0 unspecified atom stereocenters. The number of methoxy groups -OCH3 is 2. The molecule has 0 aromatic heterocycles. The van der Waals surface area contributed by atoms with Crippen molar-refractivity contribution < 1.29 is 22.8 Å². The zero-order valence-electron chi connectivity index (χ0n) is 17.8. The van der Waals surface area contributed by atoms with Crippen molar-refractivity contribution in [2.45, 2.75) is 19.4 Å². The number of hydrogen-bond donors (Lipinski definition) is 2. The Morgan fingerprint density at radius 1 is 1.19 bits per heavy atom. The molecule has 4 rings (SSSR count). The Morgan fingerprint density at radius 2 is 1.91 bits per heavy atom. The fourth-order valence-corrected chi connectivity index (χ4v) is 5.24. The summed E-state index contributed by atoms with van der Waals surface area (Å²) in [5.74, 6) is 1.47. The van der Waals surface area contributed by atoms with Crippen molar-refractivity contribution in [2.24, 2.45) is 0 Å². The highest BCUT2D eigenvalue weighted by Crippen LogP contribution is 2.34. The lowest BCUT2D eigenvalue weighted by Crippen LogP contribution is -2.35. The zero-order chi connectivity index (χ0) is 22.0. The molecule has 1 aromatic rings. The summed E-state index contributed by atoms with van der Waals surface area (Å²) >= 11 is 6.02. The summed E-state index contributed by atoms with van der Waals surface area (Å²) in [6.45, 7) is 2.81. The Morgan fingerprint density at radius 3 is 2.62 bits per heavy atom. The number of hydroxylamine groups is 3. The monoisotopic (exact) mass is 504 g/mol. The Balaban J connectivity index is 0.00000289. The second-order valence-corrected chi connectivity index (χ2v) is 9.43. The predicted octanol–water partition coefficient (Wildman–Crippen LogP) is 2.36. The Labute approximate surface area is 199 Å². The maximum absolute atomic E-state index is 12.7. The first-order valence-electron chi connectivity index (χ1n) is 9.89. The Hall–Kier alpha value is -1.95. The van der Waals surface area contributed by atoms with Crippen molar-refractivity contribution in [1.29, 1.82) is 0 Å². The Bertz CT molecular complexity index is 1060. The van der Waals surface area contributed by atoms with Gasteiger partial charge in [0.2, 0.25) is 10.0 Å². The van der Waals surface area contributed by atoms with Gasteiger partial charge in [-0.15, -0.1) is 12.4 Å². The van der Waals surface area contributed by atoms with Crippen molar-refractivity contribution >= 4 is 34.0 Å². The van der Waals surface area contributed by atoms with Crippen LogP contribution in [-0.4, -0.2) is 52.2 Å². The van der Waals surface area contributed by atoms with Crippen molar-refractivity contribution in [3.63, 3.8) is 0 Å². The molecule has 3 aliphatic heterocycles. The van der Waals surface area contributed by atoms with E-state index < -0.39 is 10.0 Å². The van der Waals surface area contributed by atoms with Crippen LogP contribution in [-0.2, 0) is 27.9 Å². The average molecular weight is 505 g/mol. The van der Waals surface area contributed by atoms with Crippen LogP contribution >= 0.6 is 24.0 Å². The fraction of sp³-hybridized carbons (Fsp3) is 0.400. The number of ether oxygens (including phenoxy) is 2. The molecule has 3 heterocycles. The lowest BCUT2D eigenvalue weighted by molar-refractivity contribution is -0.117. The molecule has 0 fully saturated rings. The molecular formula is C20H26Cl2N4O5S. The lowest BCUT2D eigenvalue weighted by atomic mass is 9.98. The summed E-state index contributed by atoms with van der Waals surface area (Å²) < 4.78 is 38.9. The average Bonchev–Trinajstić information content (AvgIpc) is 3.26. The predicted molar refractivity (Wildman–Crippen MR) is 123 cm³/mol. The molecule has 176 valence electrons. The highest BCUT2D eigenvalue weighted by molar-refractivity contribution is 7.93. The number of rotatable bonds is 8. The standard InChI is InChI=1S/C20H25ClN4O5S.ClH/c1-28-17-10-14-6-9-24(13-15(14)11-18(17)29-2)8-3-7-23-31(26,27)19-4-5-20(21)25-16(19)12-22-30-25;/h4-5,10-12,22-23H,3,6-9,13H2,1-2H3;1H. The van der Waals surface area contributed by atoms with Crippen molar-refractivity contribution in [3.05, 3.63) is 57.4 Å². The third-order valence-electron chi connectivity index (χ3n) is 5.41. The van der Waals surface area contributed by atoms with Gasteiger partial charge in [-0.05, 0) is 54.8 Å². The second-order valence-electron chi connectivity index (χ2n) is 7.31. The topological polar surface area (TPSA) is 92.4 Å². The van der Waals surface area contributed by atoms with Gasteiger partial charge in [-0.1, -0.05) is 11.6 Å². The van der Waals surface area contributed by atoms with Crippen LogP contribution in [0.1, 0.15) is 17.5 Å².